The van der Waals surface area contributed by atoms with Gasteiger partial charge in [-0.3, -0.25) is 14.8 Å². The molecule has 0 bridgehead atoms. The molecular formula is C19H22F6N2O4. The van der Waals surface area contributed by atoms with Crippen molar-refractivity contribution in [3.8, 4) is 0 Å². The Bertz CT molecular complexity index is 758. The fourth-order valence-electron chi connectivity index (χ4n) is 3.53. The summed E-state index contributed by atoms with van der Waals surface area (Å²) in [4.78, 5) is 25.6. The molecule has 31 heavy (non-hydrogen) atoms. The zero-order valence-electron chi connectivity index (χ0n) is 16.3. The van der Waals surface area contributed by atoms with Crippen LogP contribution in [0, 0.1) is 5.92 Å². The molecule has 12 heteroatoms. The average Bonchev–Trinajstić information content (AvgIpc) is 3.23. The van der Waals surface area contributed by atoms with E-state index in [9.17, 15) is 41.0 Å². The van der Waals surface area contributed by atoms with Gasteiger partial charge >= 0.3 is 12.4 Å². The van der Waals surface area contributed by atoms with Crippen LogP contribution in [-0.4, -0.2) is 46.2 Å². The van der Waals surface area contributed by atoms with Crippen molar-refractivity contribution >= 4 is 11.8 Å². The summed E-state index contributed by atoms with van der Waals surface area (Å²) in [5.41, 5.74) is -1.89. The number of aliphatic hydroxyl groups excluding tert-OH is 1. The van der Waals surface area contributed by atoms with Crippen molar-refractivity contribution in [3.63, 3.8) is 0 Å². The predicted molar refractivity (Wildman–Crippen MR) is 94.6 cm³/mol. The van der Waals surface area contributed by atoms with E-state index >= 15 is 0 Å². The molecule has 1 aliphatic heterocycles. The van der Waals surface area contributed by atoms with E-state index in [1.54, 1.807) is 0 Å². The summed E-state index contributed by atoms with van der Waals surface area (Å²) in [5.74, 6) is -3.08. The lowest BCUT2D eigenvalue weighted by Crippen LogP contribution is -2.46. The van der Waals surface area contributed by atoms with Gasteiger partial charge in [0.1, 0.15) is 6.10 Å². The van der Waals surface area contributed by atoms with Gasteiger partial charge in [0.15, 0.2) is 0 Å². The molecule has 1 aromatic rings. The van der Waals surface area contributed by atoms with Crippen LogP contribution in [0.1, 0.15) is 42.4 Å². The van der Waals surface area contributed by atoms with Crippen molar-refractivity contribution < 1.29 is 46.2 Å². The summed E-state index contributed by atoms with van der Waals surface area (Å²) in [5, 5.41) is 18.8. The summed E-state index contributed by atoms with van der Waals surface area (Å²) >= 11 is 0. The lowest BCUT2D eigenvalue weighted by molar-refractivity contribution is -0.150. The highest BCUT2D eigenvalue weighted by Gasteiger charge is 2.38. The van der Waals surface area contributed by atoms with Crippen LogP contribution in [0.4, 0.5) is 26.3 Å². The molecule has 1 fully saturated rings. The number of likely N-dealkylation sites (tertiary alicyclic amines) is 1. The first-order chi connectivity index (χ1) is 14.3. The molecule has 174 valence electrons. The molecular weight excluding hydrogens is 434 g/mol. The Hall–Kier alpha value is -2.34. The largest absolute Gasteiger partial charge is 0.416 e. The van der Waals surface area contributed by atoms with Crippen LogP contribution >= 0.6 is 0 Å². The number of benzene rings is 1. The van der Waals surface area contributed by atoms with Crippen LogP contribution in [0.15, 0.2) is 18.2 Å². The second kappa shape index (κ2) is 9.86. The molecule has 1 heterocycles. The molecule has 0 radical (unpaired) electrons. The number of hydroxylamine groups is 1. The van der Waals surface area contributed by atoms with Crippen molar-refractivity contribution in [2.75, 3.05) is 13.1 Å². The van der Waals surface area contributed by atoms with E-state index in [0.29, 0.717) is 25.2 Å². The number of aryl methyl sites for hydroxylation is 1. The fraction of sp³-hybridized carbons (Fsp3) is 0.579. The molecule has 1 aliphatic rings. The normalized spacial score (nSPS) is 16.8. The van der Waals surface area contributed by atoms with Crippen LogP contribution in [-0.2, 0) is 28.4 Å². The van der Waals surface area contributed by atoms with Crippen LogP contribution in [0.2, 0.25) is 0 Å². The molecule has 0 aromatic heterocycles. The van der Waals surface area contributed by atoms with Crippen LogP contribution in [0.25, 0.3) is 0 Å². The monoisotopic (exact) mass is 456 g/mol. The van der Waals surface area contributed by atoms with E-state index < -0.39 is 47.3 Å². The molecule has 2 atom stereocenters. The van der Waals surface area contributed by atoms with E-state index in [0.717, 1.165) is 12.8 Å². The van der Waals surface area contributed by atoms with E-state index in [1.165, 1.54) is 10.4 Å². The third kappa shape index (κ3) is 6.57. The predicted octanol–water partition coefficient (Wildman–Crippen LogP) is 3.15. The number of aliphatic hydroxyl groups is 1. The number of rotatable bonds is 7. The second-order valence-electron chi connectivity index (χ2n) is 7.37. The number of alkyl halides is 6. The standard InChI is InChI=1S/C19H22F6N2O4/c20-18(21,22)12-8-11(9-13(10-12)19(23,24)25)4-3-5-14(15(28)16(29)26-31)17(30)27-6-1-2-7-27/h8-10,14-15,28,31H,1-7H2,(H,26,29)/t14-,15+/m1/s1. The second-order valence-corrected chi connectivity index (χ2v) is 7.37. The van der Waals surface area contributed by atoms with Gasteiger partial charge in [-0.1, -0.05) is 0 Å². The molecule has 1 aromatic carbocycles. The summed E-state index contributed by atoms with van der Waals surface area (Å²) in [6.45, 7) is 0.816. The minimum Gasteiger partial charge on any atom is -0.382 e. The van der Waals surface area contributed by atoms with Crippen molar-refractivity contribution in [3.05, 3.63) is 34.9 Å². The Balaban J connectivity index is 2.18. The first-order valence-corrected chi connectivity index (χ1v) is 9.53. The number of hydrogen-bond acceptors (Lipinski definition) is 4. The Morgan fingerprint density at radius 1 is 1.00 bits per heavy atom. The third-order valence-electron chi connectivity index (χ3n) is 5.12. The number of hydrogen-bond donors (Lipinski definition) is 3. The third-order valence-corrected chi connectivity index (χ3v) is 5.12. The molecule has 0 spiro atoms. The highest BCUT2D eigenvalue weighted by molar-refractivity contribution is 5.88. The molecule has 2 rings (SSSR count). The van der Waals surface area contributed by atoms with E-state index in [-0.39, 0.29) is 30.9 Å². The highest BCUT2D eigenvalue weighted by Crippen LogP contribution is 2.36. The van der Waals surface area contributed by atoms with Crippen LogP contribution in [0.3, 0.4) is 0 Å². The zero-order chi connectivity index (χ0) is 23.4. The molecule has 2 amide bonds. The maximum atomic E-state index is 13.0. The summed E-state index contributed by atoms with van der Waals surface area (Å²) in [6, 6.07) is 1.23. The average molecular weight is 456 g/mol. The topological polar surface area (TPSA) is 89.9 Å². The maximum absolute atomic E-state index is 13.0. The number of amides is 2. The number of nitrogens with one attached hydrogen (secondary N) is 1. The van der Waals surface area contributed by atoms with Gasteiger partial charge in [-0.25, -0.2) is 5.48 Å². The maximum Gasteiger partial charge on any atom is 0.416 e. The summed E-state index contributed by atoms with van der Waals surface area (Å²) in [7, 11) is 0. The summed E-state index contributed by atoms with van der Waals surface area (Å²) < 4.78 is 77.9. The van der Waals surface area contributed by atoms with Gasteiger partial charge in [0.25, 0.3) is 5.91 Å². The van der Waals surface area contributed by atoms with Crippen molar-refractivity contribution in [1.29, 1.82) is 0 Å². The first kappa shape index (κ1) is 24.9. The van der Waals surface area contributed by atoms with Crippen molar-refractivity contribution in [2.45, 2.75) is 50.6 Å². The number of carbonyl (C=O) groups excluding carboxylic acids is 2. The van der Waals surface area contributed by atoms with Gasteiger partial charge < -0.3 is 10.0 Å². The SMILES string of the molecule is O=C(NO)[C@@H](O)[C@@H](CCCc1cc(C(F)(F)F)cc(C(F)(F)F)c1)C(=O)N1CCCC1. The summed E-state index contributed by atoms with van der Waals surface area (Å²) in [6.07, 6.45) is -10.9. The molecule has 0 aliphatic carbocycles. The zero-order valence-corrected chi connectivity index (χ0v) is 16.3. The van der Waals surface area contributed by atoms with Crippen LogP contribution < -0.4 is 5.48 Å². The van der Waals surface area contributed by atoms with Crippen molar-refractivity contribution in [2.24, 2.45) is 5.92 Å². The van der Waals surface area contributed by atoms with Gasteiger partial charge in [0.05, 0.1) is 17.0 Å². The smallest absolute Gasteiger partial charge is 0.382 e. The van der Waals surface area contributed by atoms with Gasteiger partial charge in [-0.05, 0) is 55.9 Å². The van der Waals surface area contributed by atoms with E-state index in [4.69, 9.17) is 5.21 Å². The number of nitrogens with zero attached hydrogens (tertiary/aromatic N) is 1. The molecule has 0 unspecified atom stereocenters. The molecule has 0 saturated carbocycles. The Morgan fingerprint density at radius 3 is 1.97 bits per heavy atom. The quantitative estimate of drug-likeness (QED) is 0.334. The molecule has 3 N–H and O–H groups in total. The molecule has 6 nitrogen and oxygen atoms in total. The molecule has 1 saturated heterocycles. The van der Waals surface area contributed by atoms with E-state index in [1.807, 2.05) is 0 Å². The Morgan fingerprint density at radius 2 is 1.52 bits per heavy atom. The van der Waals surface area contributed by atoms with Gasteiger partial charge in [-0.2, -0.15) is 26.3 Å². The Kier molecular flexibility index (Phi) is 7.93. The van der Waals surface area contributed by atoms with Crippen molar-refractivity contribution in [1.82, 2.24) is 10.4 Å². The Labute approximate surface area is 173 Å². The number of carbonyl (C=O) groups is 2. The van der Waals surface area contributed by atoms with Gasteiger partial charge in [-0.15, -0.1) is 0 Å². The minimum absolute atomic E-state index is 0.0263. The lowest BCUT2D eigenvalue weighted by Gasteiger charge is -2.26. The van der Waals surface area contributed by atoms with Crippen LogP contribution in [0.5, 0.6) is 0 Å². The first-order valence-electron chi connectivity index (χ1n) is 9.53. The van der Waals surface area contributed by atoms with E-state index in [2.05, 4.69) is 0 Å². The highest BCUT2D eigenvalue weighted by atomic mass is 19.4. The minimum atomic E-state index is -4.97. The van der Waals surface area contributed by atoms with Gasteiger partial charge in [0, 0.05) is 13.1 Å². The number of halogens is 6. The fourth-order valence-corrected chi connectivity index (χ4v) is 3.53. The lowest BCUT2D eigenvalue weighted by atomic mass is 9.92. The van der Waals surface area contributed by atoms with Gasteiger partial charge in [0.2, 0.25) is 5.91 Å².